The van der Waals surface area contributed by atoms with Gasteiger partial charge in [-0.1, -0.05) is 49.6 Å². The van der Waals surface area contributed by atoms with E-state index in [2.05, 4.69) is 35.2 Å². The second kappa shape index (κ2) is 9.96. The number of amides is 1. The monoisotopic (exact) mass is 391 g/mol. The molecule has 29 heavy (non-hydrogen) atoms. The molecule has 1 fully saturated rings. The van der Waals surface area contributed by atoms with Crippen LogP contribution in [0.3, 0.4) is 0 Å². The van der Waals surface area contributed by atoms with E-state index in [1.807, 2.05) is 18.2 Å². The maximum atomic E-state index is 13.1. The van der Waals surface area contributed by atoms with Gasteiger partial charge in [0.05, 0.1) is 6.61 Å². The van der Waals surface area contributed by atoms with E-state index in [1.165, 1.54) is 37.7 Å². The minimum Gasteiger partial charge on any atom is -0.494 e. The number of hydrogen-bond acceptors (Lipinski definition) is 2. The summed E-state index contributed by atoms with van der Waals surface area (Å²) in [6.45, 7) is 2.53. The third-order valence-electron chi connectivity index (χ3n) is 6.39. The number of hydrogen-bond donors (Lipinski definition) is 0. The Morgan fingerprint density at radius 1 is 0.966 bits per heavy atom. The lowest BCUT2D eigenvalue weighted by atomic mass is 9.89. The summed E-state index contributed by atoms with van der Waals surface area (Å²) in [4.78, 5) is 15.2. The minimum atomic E-state index is 0.221. The van der Waals surface area contributed by atoms with Crippen molar-refractivity contribution in [3.8, 4) is 5.75 Å². The molecule has 1 aliphatic carbocycles. The van der Waals surface area contributed by atoms with Gasteiger partial charge in [-0.25, -0.2) is 0 Å². The molecule has 0 spiro atoms. The Kier molecular flexibility index (Phi) is 6.87. The van der Waals surface area contributed by atoms with Crippen LogP contribution in [0.1, 0.15) is 66.4 Å². The Hall–Kier alpha value is -2.29. The average molecular weight is 392 g/mol. The molecule has 0 saturated heterocycles. The second-order valence-electron chi connectivity index (χ2n) is 8.62. The van der Waals surface area contributed by atoms with Gasteiger partial charge in [-0.05, 0) is 73.8 Å². The van der Waals surface area contributed by atoms with Crippen LogP contribution >= 0.6 is 0 Å². The van der Waals surface area contributed by atoms with Gasteiger partial charge in [-0.15, -0.1) is 0 Å². The smallest absolute Gasteiger partial charge is 0.254 e. The summed E-state index contributed by atoms with van der Waals surface area (Å²) in [7, 11) is 0. The van der Waals surface area contributed by atoms with Crippen molar-refractivity contribution >= 4 is 5.91 Å². The second-order valence-corrected chi connectivity index (χ2v) is 8.62. The van der Waals surface area contributed by atoms with Crippen LogP contribution in [0.25, 0.3) is 0 Å². The Morgan fingerprint density at radius 2 is 1.79 bits per heavy atom. The van der Waals surface area contributed by atoms with Gasteiger partial charge < -0.3 is 9.64 Å². The molecule has 0 bridgehead atoms. The lowest BCUT2D eigenvalue weighted by molar-refractivity contribution is 0.0719. The number of aryl methyl sites for hydroxylation is 2. The highest BCUT2D eigenvalue weighted by Crippen LogP contribution is 2.28. The highest BCUT2D eigenvalue weighted by molar-refractivity contribution is 5.96. The summed E-state index contributed by atoms with van der Waals surface area (Å²) in [6.07, 6.45) is 10.6. The molecule has 0 radical (unpaired) electrons. The number of carbonyl (C=O) groups excluding carboxylic acids is 1. The summed E-state index contributed by atoms with van der Waals surface area (Å²) < 4.78 is 5.99. The molecule has 0 unspecified atom stereocenters. The molecule has 154 valence electrons. The predicted octanol–water partition coefficient (Wildman–Crippen LogP) is 5.67. The summed E-state index contributed by atoms with van der Waals surface area (Å²) in [5.74, 6) is 1.81. The van der Waals surface area contributed by atoms with E-state index in [0.29, 0.717) is 12.5 Å². The van der Waals surface area contributed by atoms with Gasteiger partial charge >= 0.3 is 0 Å². The molecule has 2 aromatic rings. The fourth-order valence-electron chi connectivity index (χ4n) is 4.77. The van der Waals surface area contributed by atoms with Crippen molar-refractivity contribution in [2.45, 2.75) is 57.8 Å². The van der Waals surface area contributed by atoms with Gasteiger partial charge in [0.2, 0.25) is 0 Å². The molecule has 4 rings (SSSR count). The number of carbonyl (C=O) groups is 1. The lowest BCUT2D eigenvalue weighted by Crippen LogP contribution is -2.36. The average Bonchev–Trinajstić information content (AvgIpc) is 2.91. The molecule has 2 aliphatic rings. The van der Waals surface area contributed by atoms with Crippen molar-refractivity contribution in [2.75, 3.05) is 19.7 Å². The lowest BCUT2D eigenvalue weighted by Gasteiger charge is -2.29. The van der Waals surface area contributed by atoms with Gasteiger partial charge in [0.1, 0.15) is 5.75 Å². The van der Waals surface area contributed by atoms with E-state index >= 15 is 0 Å². The maximum absolute atomic E-state index is 13.1. The fraction of sp³-hybridized carbons (Fsp3) is 0.500. The summed E-state index contributed by atoms with van der Waals surface area (Å²) >= 11 is 0. The van der Waals surface area contributed by atoms with Crippen molar-refractivity contribution < 1.29 is 9.53 Å². The normalized spacial score (nSPS) is 17.7. The van der Waals surface area contributed by atoms with Crippen molar-refractivity contribution in [1.29, 1.82) is 0 Å². The standard InChI is InChI=1S/C26H33NO2/c28-26-25-16-15-24(29-18-8-13-21-9-3-1-4-10-21)19-23(25)14-7-17-27(26)20-22-11-5-2-6-12-22/h1,3-4,9-10,15-16,19,22H,2,5-8,11-14,17-18,20H2. The summed E-state index contributed by atoms with van der Waals surface area (Å²) in [6, 6.07) is 16.6. The van der Waals surface area contributed by atoms with Crippen LogP contribution in [0.5, 0.6) is 5.75 Å². The number of fused-ring (bicyclic) bond motifs is 1. The predicted molar refractivity (Wildman–Crippen MR) is 117 cm³/mol. The van der Waals surface area contributed by atoms with Crippen molar-refractivity contribution in [1.82, 2.24) is 4.90 Å². The molecule has 0 aromatic heterocycles. The maximum Gasteiger partial charge on any atom is 0.254 e. The Labute approximate surface area is 175 Å². The Bertz CT molecular complexity index is 796. The van der Waals surface area contributed by atoms with Crippen LogP contribution in [0, 0.1) is 5.92 Å². The van der Waals surface area contributed by atoms with Gasteiger partial charge in [-0.2, -0.15) is 0 Å². The molecular weight excluding hydrogens is 358 g/mol. The van der Waals surface area contributed by atoms with Crippen molar-refractivity contribution in [2.24, 2.45) is 5.92 Å². The largest absolute Gasteiger partial charge is 0.494 e. The number of ether oxygens (including phenoxy) is 1. The first kappa shape index (κ1) is 20.0. The summed E-state index contributed by atoms with van der Waals surface area (Å²) in [5, 5.41) is 0. The molecule has 0 N–H and O–H groups in total. The quantitative estimate of drug-likeness (QED) is 0.569. The topological polar surface area (TPSA) is 29.5 Å². The van der Waals surface area contributed by atoms with Crippen LogP contribution in [-0.2, 0) is 12.8 Å². The molecule has 1 heterocycles. The van der Waals surface area contributed by atoms with E-state index in [-0.39, 0.29) is 5.91 Å². The molecule has 1 amide bonds. The van der Waals surface area contributed by atoms with E-state index in [1.54, 1.807) is 0 Å². The van der Waals surface area contributed by atoms with Crippen LogP contribution < -0.4 is 4.74 Å². The molecular formula is C26H33NO2. The van der Waals surface area contributed by atoms with E-state index in [0.717, 1.165) is 55.6 Å². The first-order valence-electron chi connectivity index (χ1n) is 11.4. The van der Waals surface area contributed by atoms with Crippen LogP contribution in [0.2, 0.25) is 0 Å². The fourth-order valence-corrected chi connectivity index (χ4v) is 4.77. The van der Waals surface area contributed by atoms with Gasteiger partial charge in [0.15, 0.2) is 0 Å². The number of rotatable bonds is 7. The van der Waals surface area contributed by atoms with Gasteiger partial charge in [-0.3, -0.25) is 4.79 Å². The molecule has 0 atom stereocenters. The Balaban J connectivity index is 1.33. The van der Waals surface area contributed by atoms with E-state index in [4.69, 9.17) is 4.74 Å². The molecule has 2 aromatic carbocycles. The third-order valence-corrected chi connectivity index (χ3v) is 6.39. The van der Waals surface area contributed by atoms with Crippen LogP contribution in [-0.4, -0.2) is 30.5 Å². The highest BCUT2D eigenvalue weighted by Gasteiger charge is 2.25. The van der Waals surface area contributed by atoms with E-state index in [9.17, 15) is 4.79 Å². The number of nitrogens with zero attached hydrogens (tertiary/aromatic N) is 1. The first-order chi connectivity index (χ1) is 14.3. The van der Waals surface area contributed by atoms with Crippen molar-refractivity contribution in [3.05, 3.63) is 65.2 Å². The van der Waals surface area contributed by atoms with Crippen LogP contribution in [0.15, 0.2) is 48.5 Å². The molecule has 3 nitrogen and oxygen atoms in total. The van der Waals surface area contributed by atoms with Crippen molar-refractivity contribution in [3.63, 3.8) is 0 Å². The summed E-state index contributed by atoms with van der Waals surface area (Å²) in [5.41, 5.74) is 3.39. The number of benzene rings is 2. The van der Waals surface area contributed by atoms with Gasteiger partial charge in [0, 0.05) is 18.7 Å². The minimum absolute atomic E-state index is 0.221. The SMILES string of the molecule is O=C1c2ccc(OCCCc3ccccc3)cc2CCCN1CC1CCCCC1. The first-order valence-corrected chi connectivity index (χ1v) is 11.4. The van der Waals surface area contributed by atoms with Crippen LogP contribution in [0.4, 0.5) is 0 Å². The zero-order valence-electron chi connectivity index (χ0n) is 17.4. The third kappa shape index (κ3) is 5.41. The molecule has 3 heteroatoms. The molecule has 1 saturated carbocycles. The van der Waals surface area contributed by atoms with Gasteiger partial charge in [0.25, 0.3) is 5.91 Å². The Morgan fingerprint density at radius 3 is 2.62 bits per heavy atom. The highest BCUT2D eigenvalue weighted by atomic mass is 16.5. The zero-order chi connectivity index (χ0) is 19.9. The zero-order valence-corrected chi connectivity index (χ0v) is 17.4. The molecule has 1 aliphatic heterocycles. The van der Waals surface area contributed by atoms with E-state index < -0.39 is 0 Å².